The van der Waals surface area contributed by atoms with Crippen molar-refractivity contribution in [3.8, 4) is 5.82 Å². The van der Waals surface area contributed by atoms with Crippen molar-refractivity contribution in [2.75, 3.05) is 18.5 Å². The number of nitrogens with one attached hydrogen (secondary N) is 1. The first-order valence-corrected chi connectivity index (χ1v) is 6.79. The molecule has 0 radical (unpaired) electrons. The van der Waals surface area contributed by atoms with E-state index in [1.165, 1.54) is 4.90 Å². The van der Waals surface area contributed by atoms with Gasteiger partial charge in [-0.25, -0.2) is 14.5 Å². The lowest BCUT2D eigenvalue weighted by molar-refractivity contribution is 0.169. The summed E-state index contributed by atoms with van der Waals surface area (Å²) in [5.74, 6) is 0.708. The minimum Gasteiger partial charge on any atom is -0.447 e. The number of cyclic esters (lactones) is 1. The molecule has 1 fully saturated rings. The van der Waals surface area contributed by atoms with Crippen molar-refractivity contribution in [2.45, 2.75) is 6.92 Å². The molecular weight excluding hydrogens is 290 g/mol. The maximum Gasteiger partial charge on any atom is 0.416 e. The fourth-order valence-electron chi connectivity index (χ4n) is 1.95. The summed E-state index contributed by atoms with van der Waals surface area (Å²) in [5, 5.41) is 7.70. The van der Waals surface area contributed by atoms with Crippen LogP contribution in [0.3, 0.4) is 0 Å². The number of hydrogen-bond donors (Lipinski definition) is 1. The number of aryl methyl sites for hydroxylation is 1. The number of rotatable bonds is 2. The van der Waals surface area contributed by atoms with Crippen molar-refractivity contribution in [3.05, 3.63) is 36.3 Å². The molecule has 2 aromatic heterocycles. The first-order chi connectivity index (χ1) is 10.1. The molecule has 8 heteroatoms. The maximum absolute atomic E-state index is 11.5. The highest BCUT2D eigenvalue weighted by molar-refractivity contribution is 7.80. The number of anilines is 1. The van der Waals surface area contributed by atoms with Gasteiger partial charge in [0.2, 0.25) is 0 Å². The van der Waals surface area contributed by atoms with E-state index in [1.54, 1.807) is 17.1 Å². The summed E-state index contributed by atoms with van der Waals surface area (Å²) in [6.45, 7) is 2.66. The quantitative estimate of drug-likeness (QED) is 0.852. The highest BCUT2D eigenvalue weighted by Gasteiger charge is 2.26. The lowest BCUT2D eigenvalue weighted by Gasteiger charge is -2.14. The number of amides is 1. The Morgan fingerprint density at radius 1 is 1.48 bits per heavy atom. The van der Waals surface area contributed by atoms with Crippen LogP contribution in [0.15, 0.2) is 30.6 Å². The summed E-state index contributed by atoms with van der Waals surface area (Å²) in [6.07, 6.45) is 3.05. The van der Waals surface area contributed by atoms with Crippen LogP contribution in [0, 0.1) is 6.92 Å². The van der Waals surface area contributed by atoms with Gasteiger partial charge in [0.1, 0.15) is 6.61 Å². The highest BCUT2D eigenvalue weighted by atomic mass is 32.1. The fourth-order valence-corrected chi connectivity index (χ4v) is 2.23. The van der Waals surface area contributed by atoms with Gasteiger partial charge in [0.05, 0.1) is 24.1 Å². The van der Waals surface area contributed by atoms with E-state index in [-0.39, 0.29) is 0 Å². The van der Waals surface area contributed by atoms with Crippen molar-refractivity contribution in [1.29, 1.82) is 0 Å². The SMILES string of the molecule is Cc1nn(-c2ccccn2)cc1NC(=S)N1CCOC1=O. The number of aromatic nitrogens is 3. The Hall–Kier alpha value is -2.48. The van der Waals surface area contributed by atoms with E-state index < -0.39 is 6.09 Å². The van der Waals surface area contributed by atoms with E-state index in [9.17, 15) is 4.79 Å². The summed E-state index contributed by atoms with van der Waals surface area (Å²) >= 11 is 5.22. The van der Waals surface area contributed by atoms with Gasteiger partial charge in [-0.2, -0.15) is 5.10 Å². The molecule has 0 aromatic carbocycles. The molecule has 2 aromatic rings. The lowest BCUT2D eigenvalue weighted by Crippen LogP contribution is -2.35. The summed E-state index contributed by atoms with van der Waals surface area (Å²) in [7, 11) is 0. The molecule has 0 saturated carbocycles. The Morgan fingerprint density at radius 3 is 3.00 bits per heavy atom. The van der Waals surface area contributed by atoms with Crippen LogP contribution in [0.1, 0.15) is 5.69 Å². The van der Waals surface area contributed by atoms with Crippen LogP contribution in [0.4, 0.5) is 10.5 Å². The van der Waals surface area contributed by atoms with Crippen molar-refractivity contribution in [2.24, 2.45) is 0 Å². The Morgan fingerprint density at radius 2 is 2.33 bits per heavy atom. The predicted octanol–water partition coefficient (Wildman–Crippen LogP) is 1.72. The van der Waals surface area contributed by atoms with Gasteiger partial charge in [0, 0.05) is 6.20 Å². The number of ether oxygens (including phenoxy) is 1. The molecule has 1 saturated heterocycles. The number of carbonyl (C=O) groups is 1. The molecular formula is C13H13N5O2S. The molecule has 7 nitrogen and oxygen atoms in total. The molecule has 0 atom stereocenters. The summed E-state index contributed by atoms with van der Waals surface area (Å²) in [4.78, 5) is 17.1. The molecule has 1 aliphatic heterocycles. The zero-order valence-electron chi connectivity index (χ0n) is 11.3. The monoisotopic (exact) mass is 303 g/mol. The van der Waals surface area contributed by atoms with Crippen LogP contribution in [-0.2, 0) is 4.74 Å². The van der Waals surface area contributed by atoms with Crippen molar-refractivity contribution >= 4 is 29.1 Å². The van der Waals surface area contributed by atoms with Crippen LogP contribution < -0.4 is 5.32 Å². The van der Waals surface area contributed by atoms with Gasteiger partial charge in [-0.3, -0.25) is 4.90 Å². The molecule has 21 heavy (non-hydrogen) atoms. The van der Waals surface area contributed by atoms with E-state index in [4.69, 9.17) is 17.0 Å². The second-order valence-corrected chi connectivity index (χ2v) is 4.84. The Labute approximate surface area is 126 Å². The summed E-state index contributed by atoms with van der Waals surface area (Å²) in [5.41, 5.74) is 1.49. The largest absolute Gasteiger partial charge is 0.447 e. The second-order valence-electron chi connectivity index (χ2n) is 4.46. The molecule has 3 rings (SSSR count). The molecule has 1 N–H and O–H groups in total. The third kappa shape index (κ3) is 2.70. The Kier molecular flexibility index (Phi) is 3.53. The third-order valence-corrected chi connectivity index (χ3v) is 3.35. The van der Waals surface area contributed by atoms with Gasteiger partial charge >= 0.3 is 6.09 Å². The van der Waals surface area contributed by atoms with E-state index >= 15 is 0 Å². The molecule has 1 aliphatic rings. The molecule has 0 spiro atoms. The first kappa shape index (κ1) is 13.5. The zero-order chi connectivity index (χ0) is 14.8. The number of thiocarbonyl (C=S) groups is 1. The fraction of sp³-hybridized carbons (Fsp3) is 0.231. The predicted molar refractivity (Wildman–Crippen MR) is 80.4 cm³/mol. The van der Waals surface area contributed by atoms with Crippen molar-refractivity contribution < 1.29 is 9.53 Å². The molecule has 108 valence electrons. The molecule has 1 amide bonds. The molecule has 0 bridgehead atoms. The second kappa shape index (κ2) is 5.49. The van der Waals surface area contributed by atoms with Crippen LogP contribution in [0.25, 0.3) is 5.82 Å². The standard InChI is InChI=1S/C13H13N5O2S/c1-9-10(15-12(21)17-6-7-20-13(17)19)8-18(16-9)11-4-2-3-5-14-11/h2-5,8H,6-7H2,1H3,(H,15,21). The molecule has 0 aliphatic carbocycles. The van der Waals surface area contributed by atoms with Crippen molar-refractivity contribution in [3.63, 3.8) is 0 Å². The highest BCUT2D eigenvalue weighted by Crippen LogP contribution is 2.17. The first-order valence-electron chi connectivity index (χ1n) is 6.38. The van der Waals surface area contributed by atoms with Crippen LogP contribution in [0.5, 0.6) is 0 Å². The van der Waals surface area contributed by atoms with Crippen molar-refractivity contribution in [1.82, 2.24) is 19.7 Å². The van der Waals surface area contributed by atoms with Gasteiger partial charge < -0.3 is 10.1 Å². The summed E-state index contributed by atoms with van der Waals surface area (Å²) < 4.78 is 6.51. The summed E-state index contributed by atoms with van der Waals surface area (Å²) in [6, 6.07) is 5.58. The third-order valence-electron chi connectivity index (χ3n) is 3.03. The van der Waals surface area contributed by atoms with Gasteiger partial charge in [0.15, 0.2) is 10.9 Å². The molecule has 3 heterocycles. The Balaban J connectivity index is 1.79. The van der Waals surface area contributed by atoms with E-state index in [0.717, 1.165) is 11.4 Å². The minimum absolute atomic E-state index is 0.307. The average molecular weight is 303 g/mol. The van der Waals surface area contributed by atoms with E-state index in [2.05, 4.69) is 15.4 Å². The van der Waals surface area contributed by atoms with Gasteiger partial charge in [-0.15, -0.1) is 0 Å². The van der Waals surface area contributed by atoms with Crippen LogP contribution in [-0.4, -0.2) is 44.0 Å². The minimum atomic E-state index is -0.428. The van der Waals surface area contributed by atoms with Gasteiger partial charge in [-0.1, -0.05) is 6.07 Å². The zero-order valence-corrected chi connectivity index (χ0v) is 12.1. The number of pyridine rings is 1. The van der Waals surface area contributed by atoms with Crippen LogP contribution in [0.2, 0.25) is 0 Å². The van der Waals surface area contributed by atoms with Gasteiger partial charge in [0.25, 0.3) is 0 Å². The average Bonchev–Trinajstić information content (AvgIpc) is 3.07. The van der Waals surface area contributed by atoms with Crippen LogP contribution >= 0.6 is 12.2 Å². The number of nitrogens with zero attached hydrogens (tertiary/aromatic N) is 4. The smallest absolute Gasteiger partial charge is 0.416 e. The number of hydrogen-bond acceptors (Lipinski definition) is 5. The molecule has 0 unspecified atom stereocenters. The Bertz CT molecular complexity index is 685. The topological polar surface area (TPSA) is 72.3 Å². The maximum atomic E-state index is 11.5. The van der Waals surface area contributed by atoms with E-state index in [0.29, 0.717) is 24.1 Å². The van der Waals surface area contributed by atoms with Gasteiger partial charge in [-0.05, 0) is 31.3 Å². The van der Waals surface area contributed by atoms with E-state index in [1.807, 2.05) is 25.1 Å². The number of carbonyl (C=O) groups excluding carboxylic acids is 1. The normalized spacial score (nSPS) is 14.1. The lowest BCUT2D eigenvalue weighted by atomic mass is 10.4.